The Morgan fingerprint density at radius 2 is 2.18 bits per heavy atom. The Labute approximate surface area is 130 Å². The van der Waals surface area contributed by atoms with Gasteiger partial charge in [-0.1, -0.05) is 17.2 Å². The van der Waals surface area contributed by atoms with E-state index in [0.29, 0.717) is 18.2 Å². The topological polar surface area (TPSA) is 53.8 Å². The monoisotopic (exact) mass is 328 g/mol. The Balaban J connectivity index is 2.30. The Morgan fingerprint density at radius 3 is 2.64 bits per heavy atom. The lowest BCUT2D eigenvalue weighted by Gasteiger charge is -2.11. The van der Waals surface area contributed by atoms with Crippen LogP contribution in [0.3, 0.4) is 0 Å². The number of carbonyl (C=O) groups excluding carboxylic acids is 1. The number of nitrogens with zero attached hydrogens (tertiary/aromatic N) is 2. The fraction of sp³-hybridized carbons (Fsp3) is 0.400. The smallest absolute Gasteiger partial charge is 0.293 e. The van der Waals surface area contributed by atoms with E-state index < -0.39 is 23.4 Å². The molecule has 1 atom stereocenters. The van der Waals surface area contributed by atoms with Crippen LogP contribution in [0.15, 0.2) is 23.9 Å². The molecule has 1 aromatic rings. The van der Waals surface area contributed by atoms with Gasteiger partial charge in [0.25, 0.3) is 0 Å². The molecule has 0 aliphatic heterocycles. The van der Waals surface area contributed by atoms with Crippen molar-refractivity contribution in [3.63, 3.8) is 0 Å². The van der Waals surface area contributed by atoms with E-state index >= 15 is 0 Å². The summed E-state index contributed by atoms with van der Waals surface area (Å²) in [7, 11) is 0. The van der Waals surface area contributed by atoms with Gasteiger partial charge in [-0.25, -0.2) is 0 Å². The van der Waals surface area contributed by atoms with Crippen molar-refractivity contribution in [3.05, 3.63) is 40.2 Å². The number of allylic oxidation sites excluding steroid dienone is 2. The maximum Gasteiger partial charge on any atom is 0.417 e. The number of pyridine rings is 1. The molecule has 22 heavy (non-hydrogen) atoms. The van der Waals surface area contributed by atoms with Crippen LogP contribution in [-0.4, -0.2) is 10.8 Å². The van der Waals surface area contributed by atoms with Gasteiger partial charge in [0.05, 0.1) is 22.3 Å². The number of alkyl halides is 3. The summed E-state index contributed by atoms with van der Waals surface area (Å²) in [6.07, 6.45) is -0.625. The highest BCUT2D eigenvalue weighted by Crippen LogP contribution is 2.37. The third-order valence-corrected chi connectivity index (χ3v) is 3.78. The highest BCUT2D eigenvalue weighted by Gasteiger charge is 2.33. The van der Waals surface area contributed by atoms with Crippen molar-refractivity contribution in [2.24, 2.45) is 5.92 Å². The van der Waals surface area contributed by atoms with Gasteiger partial charge in [0.15, 0.2) is 11.7 Å². The van der Waals surface area contributed by atoms with Crippen molar-refractivity contribution < 1.29 is 18.0 Å². The van der Waals surface area contributed by atoms with Crippen LogP contribution >= 0.6 is 11.6 Å². The van der Waals surface area contributed by atoms with Gasteiger partial charge in [-0.15, -0.1) is 0 Å². The van der Waals surface area contributed by atoms with Gasteiger partial charge in [-0.3, -0.25) is 9.78 Å². The first-order valence-electron chi connectivity index (χ1n) is 6.58. The van der Waals surface area contributed by atoms with Gasteiger partial charge in [-0.05, 0) is 37.8 Å². The van der Waals surface area contributed by atoms with E-state index in [2.05, 4.69) is 4.98 Å². The molecule has 1 fully saturated rings. The molecule has 0 spiro atoms. The quantitative estimate of drug-likeness (QED) is 0.775. The normalized spacial score (nSPS) is 17.0. The van der Waals surface area contributed by atoms with Crippen LogP contribution in [0.4, 0.5) is 13.2 Å². The van der Waals surface area contributed by atoms with Crippen molar-refractivity contribution in [2.75, 3.05) is 0 Å². The number of hydrogen-bond donors (Lipinski definition) is 0. The highest BCUT2D eigenvalue weighted by molar-refractivity contribution is 6.31. The molecule has 1 saturated carbocycles. The van der Waals surface area contributed by atoms with Crippen molar-refractivity contribution in [1.82, 2.24) is 4.98 Å². The molecule has 1 aliphatic carbocycles. The first-order chi connectivity index (χ1) is 10.2. The second-order valence-corrected chi connectivity index (χ2v) is 5.62. The number of halogens is 4. The first kappa shape index (κ1) is 16.5. The molecular formula is C15H12ClF3N2O. The predicted molar refractivity (Wildman–Crippen MR) is 74.1 cm³/mol. The van der Waals surface area contributed by atoms with Crippen molar-refractivity contribution >= 4 is 17.4 Å². The number of aromatic nitrogens is 1. The lowest BCUT2D eigenvalue weighted by Crippen LogP contribution is -2.13. The maximum atomic E-state index is 12.6. The van der Waals surface area contributed by atoms with Gasteiger partial charge in [0.2, 0.25) is 0 Å². The van der Waals surface area contributed by atoms with Crippen LogP contribution in [0.5, 0.6) is 0 Å². The molecule has 0 bridgehead atoms. The first-order valence-corrected chi connectivity index (χ1v) is 6.96. The van der Waals surface area contributed by atoms with Crippen LogP contribution in [0, 0.1) is 17.2 Å². The number of ketones is 1. The molecule has 0 radical (unpaired) electrons. The maximum absolute atomic E-state index is 12.6. The van der Waals surface area contributed by atoms with E-state index in [0.717, 1.165) is 18.4 Å². The standard InChI is InChI=1S/C15H12ClF3N2O/c1-8(9-2-3-9)4-13(22)11(6-20)14-12(16)5-10(7-21-14)15(17,18)19/h4-5,7,9,11H,2-3H2,1H3/b8-4-/t11-/m0/s1. The lowest BCUT2D eigenvalue weighted by atomic mass is 9.98. The fourth-order valence-corrected chi connectivity index (χ4v) is 2.32. The van der Waals surface area contributed by atoms with Crippen LogP contribution in [-0.2, 0) is 11.0 Å². The number of hydrogen-bond acceptors (Lipinski definition) is 3. The highest BCUT2D eigenvalue weighted by atomic mass is 35.5. The van der Waals surface area contributed by atoms with Crippen molar-refractivity contribution in [1.29, 1.82) is 5.26 Å². The van der Waals surface area contributed by atoms with Crippen molar-refractivity contribution in [2.45, 2.75) is 31.9 Å². The minimum absolute atomic E-state index is 0.151. The average molecular weight is 329 g/mol. The second kappa shape index (κ2) is 6.09. The van der Waals surface area contributed by atoms with Crippen LogP contribution < -0.4 is 0 Å². The summed E-state index contributed by atoms with van der Waals surface area (Å²) in [6, 6.07) is 2.44. The molecule has 7 heteroatoms. The van der Waals surface area contributed by atoms with E-state index in [1.165, 1.54) is 6.08 Å². The molecule has 2 rings (SSSR count). The largest absolute Gasteiger partial charge is 0.417 e. The SMILES string of the molecule is C/C(=C/C(=O)[C@H](C#N)c1ncc(C(F)(F)F)cc1Cl)C1CC1. The van der Waals surface area contributed by atoms with Gasteiger partial charge in [-0.2, -0.15) is 18.4 Å². The Hall–Kier alpha value is -1.87. The van der Waals surface area contributed by atoms with E-state index in [9.17, 15) is 18.0 Å². The Bertz CT molecular complexity index is 672. The molecule has 0 amide bonds. The summed E-state index contributed by atoms with van der Waals surface area (Å²) in [5.41, 5.74) is -0.301. The number of carbonyl (C=O) groups is 1. The van der Waals surface area contributed by atoms with E-state index in [4.69, 9.17) is 16.9 Å². The molecule has 3 nitrogen and oxygen atoms in total. The zero-order valence-corrected chi connectivity index (χ0v) is 12.4. The summed E-state index contributed by atoms with van der Waals surface area (Å²) in [4.78, 5) is 15.7. The molecule has 1 aliphatic rings. The molecule has 0 N–H and O–H groups in total. The third-order valence-electron chi connectivity index (χ3n) is 3.48. The summed E-state index contributed by atoms with van der Waals surface area (Å²) in [5.74, 6) is -1.45. The summed E-state index contributed by atoms with van der Waals surface area (Å²) < 4.78 is 37.7. The number of rotatable bonds is 4. The second-order valence-electron chi connectivity index (χ2n) is 5.22. The zero-order valence-electron chi connectivity index (χ0n) is 11.6. The third kappa shape index (κ3) is 3.66. The van der Waals surface area contributed by atoms with Gasteiger partial charge in [0, 0.05) is 6.20 Å². The fourth-order valence-electron chi connectivity index (χ4n) is 2.04. The predicted octanol–water partition coefficient (Wildman–Crippen LogP) is 4.29. The average Bonchev–Trinajstić information content (AvgIpc) is 3.24. The molecule has 116 valence electrons. The molecule has 0 saturated heterocycles. The van der Waals surface area contributed by atoms with Crippen molar-refractivity contribution in [3.8, 4) is 6.07 Å². The Kier molecular flexibility index (Phi) is 4.57. The molecule has 0 unspecified atom stereocenters. The zero-order chi connectivity index (χ0) is 16.5. The minimum atomic E-state index is -4.58. The van der Waals surface area contributed by atoms with Gasteiger partial charge >= 0.3 is 6.18 Å². The van der Waals surface area contributed by atoms with E-state index in [-0.39, 0.29) is 10.7 Å². The van der Waals surface area contributed by atoms with Crippen LogP contribution in [0.1, 0.15) is 36.9 Å². The Morgan fingerprint density at radius 1 is 1.55 bits per heavy atom. The van der Waals surface area contributed by atoms with Gasteiger partial charge in [0.1, 0.15) is 0 Å². The minimum Gasteiger partial charge on any atom is -0.293 e. The summed E-state index contributed by atoms with van der Waals surface area (Å²) >= 11 is 5.78. The van der Waals surface area contributed by atoms with Gasteiger partial charge < -0.3 is 0 Å². The van der Waals surface area contributed by atoms with E-state index in [1.54, 1.807) is 13.0 Å². The molecule has 1 aromatic heterocycles. The van der Waals surface area contributed by atoms with Crippen LogP contribution in [0.2, 0.25) is 5.02 Å². The van der Waals surface area contributed by atoms with E-state index in [1.807, 2.05) is 0 Å². The van der Waals surface area contributed by atoms with Crippen LogP contribution in [0.25, 0.3) is 0 Å². The summed E-state index contributed by atoms with van der Waals surface area (Å²) in [5, 5.41) is 8.81. The molecular weight excluding hydrogens is 317 g/mol. The summed E-state index contributed by atoms with van der Waals surface area (Å²) in [6.45, 7) is 1.80. The molecule has 0 aromatic carbocycles. The molecule has 1 heterocycles. The lowest BCUT2D eigenvalue weighted by molar-refractivity contribution is -0.137. The number of nitriles is 1.